The first-order valence-electron chi connectivity index (χ1n) is 12.7. The second kappa shape index (κ2) is 11.9. The molecule has 10 nitrogen and oxygen atoms in total. The van der Waals surface area contributed by atoms with E-state index in [1.54, 1.807) is 23.6 Å². The molecule has 4 aromatic rings. The number of aliphatic hydroxyl groups is 1. The maximum absolute atomic E-state index is 14.3. The van der Waals surface area contributed by atoms with Gasteiger partial charge in [-0.05, 0) is 55.8 Å². The monoisotopic (exact) mass is 543 g/mol. The van der Waals surface area contributed by atoms with Crippen LogP contribution in [0.3, 0.4) is 0 Å². The third kappa shape index (κ3) is 6.59. The molecule has 0 fully saturated rings. The fourth-order valence-corrected chi connectivity index (χ4v) is 3.85. The van der Waals surface area contributed by atoms with E-state index in [1.807, 2.05) is 36.4 Å². The number of hydrogen-bond donors (Lipinski definition) is 4. The van der Waals surface area contributed by atoms with Gasteiger partial charge in [0.05, 0.1) is 52.1 Å². The van der Waals surface area contributed by atoms with Crippen molar-refractivity contribution in [3.63, 3.8) is 0 Å². The number of pyridine rings is 1. The Balaban J connectivity index is 1.65. The summed E-state index contributed by atoms with van der Waals surface area (Å²) in [5.41, 5.74) is 2.84. The van der Waals surface area contributed by atoms with Gasteiger partial charge in [-0.1, -0.05) is 19.1 Å². The van der Waals surface area contributed by atoms with Crippen molar-refractivity contribution in [3.8, 4) is 17.5 Å². The van der Waals surface area contributed by atoms with Crippen molar-refractivity contribution in [2.45, 2.75) is 45.5 Å². The third-order valence-electron chi connectivity index (χ3n) is 6.29. The summed E-state index contributed by atoms with van der Waals surface area (Å²) >= 11 is 0. The molecule has 0 unspecified atom stereocenters. The van der Waals surface area contributed by atoms with Gasteiger partial charge in [0.2, 0.25) is 5.91 Å². The van der Waals surface area contributed by atoms with Gasteiger partial charge in [-0.25, -0.2) is 8.91 Å². The van der Waals surface area contributed by atoms with E-state index in [0.29, 0.717) is 46.8 Å². The number of carbonyl (C=O) groups excluding carboxylic acids is 2. The molecule has 3 heterocycles. The highest BCUT2D eigenvalue weighted by Crippen LogP contribution is 2.28. The second-order valence-corrected chi connectivity index (χ2v) is 9.81. The van der Waals surface area contributed by atoms with E-state index in [-0.39, 0.29) is 18.0 Å². The van der Waals surface area contributed by atoms with E-state index in [2.05, 4.69) is 32.1 Å². The molecule has 1 atom stereocenters. The molecule has 0 aliphatic heterocycles. The Morgan fingerprint density at radius 2 is 1.88 bits per heavy atom. The van der Waals surface area contributed by atoms with Crippen molar-refractivity contribution in [3.05, 3.63) is 77.6 Å². The fourth-order valence-electron chi connectivity index (χ4n) is 3.85. The summed E-state index contributed by atoms with van der Waals surface area (Å²) in [6.45, 7) is 4.47. The number of benzene rings is 1. The number of anilines is 2. The number of nitrogens with one attached hydrogen (secondary N) is 3. The fraction of sp³-hybridized carbons (Fsp3) is 0.276. The lowest BCUT2D eigenvalue weighted by Gasteiger charge is -2.22. The van der Waals surface area contributed by atoms with Crippen LogP contribution in [0, 0.1) is 11.3 Å². The molecular formula is C29H30FN7O3. The molecule has 11 heteroatoms. The summed E-state index contributed by atoms with van der Waals surface area (Å²) in [5, 5.41) is 32.0. The minimum Gasteiger partial charge on any atom is -0.387 e. The molecule has 4 rings (SSSR count). The SMILES string of the molecule is CCC(=O)NCc1ccc(Nc2cc(-c3ccc4cc(C#N)cnn34)ncc2C(=O)NC[C@@H](F)C(C)(C)O)cc1. The normalized spacial score (nSPS) is 12.0. The molecule has 0 bridgehead atoms. The molecule has 3 aromatic heterocycles. The summed E-state index contributed by atoms with van der Waals surface area (Å²) in [4.78, 5) is 29.1. The van der Waals surface area contributed by atoms with Crippen LogP contribution in [-0.4, -0.2) is 49.8 Å². The highest BCUT2D eigenvalue weighted by molar-refractivity contribution is 6.00. The molecule has 4 N–H and O–H groups in total. The topological polar surface area (TPSA) is 144 Å². The number of nitrogens with zero attached hydrogens (tertiary/aromatic N) is 4. The largest absolute Gasteiger partial charge is 0.387 e. The Labute approximate surface area is 230 Å². The first-order chi connectivity index (χ1) is 19.1. The van der Waals surface area contributed by atoms with Gasteiger partial charge in [-0.15, -0.1) is 0 Å². The third-order valence-corrected chi connectivity index (χ3v) is 6.29. The lowest BCUT2D eigenvalue weighted by atomic mass is 10.0. The van der Waals surface area contributed by atoms with Crippen molar-refractivity contribution in [2.24, 2.45) is 0 Å². The quantitative estimate of drug-likeness (QED) is 0.238. The number of nitriles is 1. The number of fused-ring (bicyclic) bond motifs is 1. The molecule has 1 aromatic carbocycles. The minimum atomic E-state index is -1.67. The molecular weight excluding hydrogens is 513 g/mol. The van der Waals surface area contributed by atoms with Gasteiger partial charge in [0, 0.05) is 24.8 Å². The number of amides is 2. The van der Waals surface area contributed by atoms with Crippen LogP contribution in [0.25, 0.3) is 16.9 Å². The van der Waals surface area contributed by atoms with Crippen LogP contribution in [0.2, 0.25) is 0 Å². The average Bonchev–Trinajstić information content (AvgIpc) is 3.37. The van der Waals surface area contributed by atoms with Gasteiger partial charge in [-0.2, -0.15) is 10.4 Å². The Bertz CT molecular complexity index is 1570. The van der Waals surface area contributed by atoms with Crippen LogP contribution in [0.1, 0.15) is 48.7 Å². The predicted molar refractivity (Wildman–Crippen MR) is 149 cm³/mol. The molecule has 206 valence electrons. The van der Waals surface area contributed by atoms with Crippen molar-refractivity contribution in [1.29, 1.82) is 5.26 Å². The molecule has 0 aliphatic rings. The Kier molecular flexibility index (Phi) is 8.40. The minimum absolute atomic E-state index is 0.0430. The van der Waals surface area contributed by atoms with Crippen molar-refractivity contribution in [2.75, 3.05) is 11.9 Å². The van der Waals surface area contributed by atoms with Gasteiger partial charge in [0.1, 0.15) is 12.2 Å². The van der Waals surface area contributed by atoms with E-state index in [1.165, 1.54) is 26.2 Å². The van der Waals surface area contributed by atoms with E-state index in [0.717, 1.165) is 5.56 Å². The lowest BCUT2D eigenvalue weighted by molar-refractivity contribution is -0.120. The average molecular weight is 544 g/mol. The first-order valence-corrected chi connectivity index (χ1v) is 12.7. The maximum Gasteiger partial charge on any atom is 0.255 e. The van der Waals surface area contributed by atoms with Crippen molar-refractivity contribution >= 4 is 28.7 Å². The lowest BCUT2D eigenvalue weighted by Crippen LogP contribution is -2.42. The second-order valence-electron chi connectivity index (χ2n) is 9.81. The number of carbonyl (C=O) groups is 2. The van der Waals surface area contributed by atoms with Crippen LogP contribution in [0.4, 0.5) is 15.8 Å². The van der Waals surface area contributed by atoms with Crippen molar-refractivity contribution < 1.29 is 19.1 Å². The van der Waals surface area contributed by atoms with Crippen molar-refractivity contribution in [1.82, 2.24) is 25.2 Å². The summed E-state index contributed by atoms with van der Waals surface area (Å²) < 4.78 is 15.9. The molecule has 0 saturated carbocycles. The molecule has 0 saturated heterocycles. The Morgan fingerprint density at radius 3 is 2.55 bits per heavy atom. The number of halogens is 1. The molecule has 0 spiro atoms. The summed E-state index contributed by atoms with van der Waals surface area (Å²) in [7, 11) is 0. The Hall–Kier alpha value is -4.82. The molecule has 0 aliphatic carbocycles. The van der Waals surface area contributed by atoms with Crippen LogP contribution in [-0.2, 0) is 11.3 Å². The van der Waals surface area contributed by atoms with Gasteiger partial charge in [0.25, 0.3) is 5.91 Å². The zero-order chi connectivity index (χ0) is 28.9. The van der Waals surface area contributed by atoms with Crippen LogP contribution in [0.15, 0.2) is 60.9 Å². The summed E-state index contributed by atoms with van der Waals surface area (Å²) in [6, 6.07) is 16.4. The predicted octanol–water partition coefficient (Wildman–Crippen LogP) is 3.88. The molecule has 40 heavy (non-hydrogen) atoms. The van der Waals surface area contributed by atoms with Crippen LogP contribution in [0.5, 0.6) is 0 Å². The highest BCUT2D eigenvalue weighted by atomic mass is 19.1. The number of aromatic nitrogens is 3. The zero-order valence-corrected chi connectivity index (χ0v) is 22.4. The van der Waals surface area contributed by atoms with E-state index in [9.17, 15) is 24.3 Å². The van der Waals surface area contributed by atoms with Gasteiger partial charge >= 0.3 is 0 Å². The van der Waals surface area contributed by atoms with Crippen LogP contribution < -0.4 is 16.0 Å². The number of alkyl halides is 1. The number of rotatable bonds is 10. The number of hydrogen-bond acceptors (Lipinski definition) is 7. The zero-order valence-electron chi connectivity index (χ0n) is 22.4. The Morgan fingerprint density at radius 1 is 1.12 bits per heavy atom. The van der Waals surface area contributed by atoms with E-state index >= 15 is 0 Å². The van der Waals surface area contributed by atoms with E-state index in [4.69, 9.17) is 0 Å². The summed E-state index contributed by atoms with van der Waals surface area (Å²) in [6.07, 6.45) is 1.58. The standard InChI is InChI=1S/C29H30FN7O3/c1-4-27(38)33-14-18-5-7-20(8-6-18)36-23-12-24(25-10-9-21-11-19(13-31)15-35-37(21)25)32-16-22(23)28(39)34-17-26(30)29(2,3)40/h5-12,15-16,26,40H,4,14,17H2,1-3H3,(H,32,36)(H,33,38)(H,34,39)/t26-/m1/s1. The molecule has 2 amide bonds. The van der Waals surface area contributed by atoms with Gasteiger partial charge in [-0.3, -0.25) is 14.6 Å². The van der Waals surface area contributed by atoms with Gasteiger partial charge < -0.3 is 21.1 Å². The highest BCUT2D eigenvalue weighted by Gasteiger charge is 2.27. The summed E-state index contributed by atoms with van der Waals surface area (Å²) in [5.74, 6) is -0.609. The maximum atomic E-state index is 14.3. The smallest absolute Gasteiger partial charge is 0.255 e. The van der Waals surface area contributed by atoms with Crippen LogP contribution >= 0.6 is 0 Å². The van der Waals surface area contributed by atoms with Gasteiger partial charge in [0.15, 0.2) is 0 Å². The molecule has 0 radical (unpaired) electrons. The van der Waals surface area contributed by atoms with E-state index < -0.39 is 17.7 Å². The first kappa shape index (κ1) is 28.2.